The molecular weight excluding hydrogens is 412 g/mol. The molecule has 0 unspecified atom stereocenters. The summed E-state index contributed by atoms with van der Waals surface area (Å²) in [5.41, 5.74) is 1.63. The molecule has 0 fully saturated rings. The van der Waals surface area contributed by atoms with Gasteiger partial charge in [0.1, 0.15) is 0 Å². The Hall–Kier alpha value is -4.48. The summed E-state index contributed by atoms with van der Waals surface area (Å²) >= 11 is 0. The maximum Gasteiger partial charge on any atom is 0.338 e. The highest BCUT2D eigenvalue weighted by atomic mass is 16.5. The number of fused-ring (bicyclic) bond motifs is 2. The van der Waals surface area contributed by atoms with Crippen LogP contribution in [0.25, 0.3) is 43.1 Å². The second-order valence-corrected chi connectivity index (χ2v) is 8.52. The van der Waals surface area contributed by atoms with E-state index in [9.17, 15) is 20.1 Å². The highest BCUT2D eigenvalue weighted by molar-refractivity contribution is 6.36. The topological polar surface area (TPSA) is 90.9 Å². The van der Waals surface area contributed by atoms with Crippen LogP contribution in [0.5, 0.6) is 0 Å². The number of carbonyl (C=O) groups is 2. The van der Waals surface area contributed by atoms with E-state index in [-0.39, 0.29) is 12.5 Å². The van der Waals surface area contributed by atoms with Gasteiger partial charge in [0.05, 0.1) is 35.4 Å². The van der Waals surface area contributed by atoms with Gasteiger partial charge in [-0.3, -0.25) is 4.79 Å². The van der Waals surface area contributed by atoms with Gasteiger partial charge in [-0.25, -0.2) is 4.79 Å². The average molecular weight is 430 g/mol. The molecule has 5 aromatic rings. The lowest BCUT2D eigenvalue weighted by molar-refractivity contribution is 0.0461. The van der Waals surface area contributed by atoms with Crippen LogP contribution < -0.4 is 0 Å². The molecule has 0 aliphatic heterocycles. The SMILES string of the molecule is CC(C)COC(=O)c1ccc2c3ccc(C#N)c4c(C=O)ccc(c5ccc(C#N)c1c52)c43. The first-order chi connectivity index (χ1) is 16.0. The van der Waals surface area contributed by atoms with E-state index in [0.717, 1.165) is 38.6 Å². The van der Waals surface area contributed by atoms with E-state index in [1.165, 1.54) is 0 Å². The Morgan fingerprint density at radius 2 is 1.33 bits per heavy atom. The minimum atomic E-state index is -0.462. The number of nitrogens with zero attached hydrogens (tertiary/aromatic N) is 2. The molecule has 0 amide bonds. The van der Waals surface area contributed by atoms with E-state index in [1.807, 2.05) is 38.1 Å². The Balaban J connectivity index is 1.99. The molecule has 0 aliphatic rings. The largest absolute Gasteiger partial charge is 0.462 e. The molecular formula is C28H18N2O3. The number of hydrogen-bond donors (Lipinski definition) is 0. The fraction of sp³-hybridized carbons (Fsp3) is 0.143. The van der Waals surface area contributed by atoms with Crippen molar-refractivity contribution < 1.29 is 14.3 Å². The smallest absolute Gasteiger partial charge is 0.338 e. The van der Waals surface area contributed by atoms with Crippen molar-refractivity contribution in [2.75, 3.05) is 6.61 Å². The van der Waals surface area contributed by atoms with E-state index >= 15 is 0 Å². The lowest BCUT2D eigenvalue weighted by Crippen LogP contribution is -2.11. The molecule has 5 aromatic carbocycles. The zero-order valence-corrected chi connectivity index (χ0v) is 18.1. The first-order valence-electron chi connectivity index (χ1n) is 10.6. The first-order valence-corrected chi connectivity index (χ1v) is 10.6. The molecule has 0 heterocycles. The summed E-state index contributed by atoms with van der Waals surface area (Å²) < 4.78 is 5.49. The van der Waals surface area contributed by atoms with Gasteiger partial charge in [-0.15, -0.1) is 0 Å². The van der Waals surface area contributed by atoms with Crippen molar-refractivity contribution in [3.8, 4) is 12.1 Å². The fourth-order valence-corrected chi connectivity index (χ4v) is 4.69. The van der Waals surface area contributed by atoms with Gasteiger partial charge in [0, 0.05) is 16.3 Å². The van der Waals surface area contributed by atoms with Gasteiger partial charge in [0.25, 0.3) is 0 Å². The lowest BCUT2D eigenvalue weighted by Gasteiger charge is -2.18. The zero-order valence-electron chi connectivity index (χ0n) is 18.1. The normalized spacial score (nSPS) is 11.3. The summed E-state index contributed by atoms with van der Waals surface area (Å²) in [4.78, 5) is 24.7. The molecule has 0 saturated carbocycles. The maximum atomic E-state index is 13.0. The predicted octanol–water partition coefficient (Wildman–Crippen LogP) is 6.11. The highest BCUT2D eigenvalue weighted by Gasteiger charge is 2.22. The number of benzene rings is 5. The predicted molar refractivity (Wildman–Crippen MR) is 128 cm³/mol. The molecule has 0 aliphatic carbocycles. The van der Waals surface area contributed by atoms with Gasteiger partial charge >= 0.3 is 5.97 Å². The monoisotopic (exact) mass is 430 g/mol. The number of rotatable bonds is 4. The minimum absolute atomic E-state index is 0.190. The van der Waals surface area contributed by atoms with E-state index in [0.29, 0.717) is 33.0 Å². The molecule has 0 aromatic heterocycles. The Morgan fingerprint density at radius 3 is 1.88 bits per heavy atom. The number of carbonyl (C=O) groups excluding carboxylic acids is 2. The van der Waals surface area contributed by atoms with Crippen LogP contribution in [-0.4, -0.2) is 18.9 Å². The number of nitriles is 2. The van der Waals surface area contributed by atoms with E-state index in [2.05, 4.69) is 12.1 Å². The highest BCUT2D eigenvalue weighted by Crippen LogP contribution is 2.43. The summed E-state index contributed by atoms with van der Waals surface area (Å²) in [5.74, 6) is -0.272. The summed E-state index contributed by atoms with van der Waals surface area (Å²) in [5, 5.41) is 25.7. The van der Waals surface area contributed by atoms with Crippen LogP contribution in [0, 0.1) is 28.6 Å². The molecule has 0 saturated heterocycles. The van der Waals surface area contributed by atoms with Crippen LogP contribution in [0.3, 0.4) is 0 Å². The minimum Gasteiger partial charge on any atom is -0.462 e. The van der Waals surface area contributed by atoms with Crippen molar-refractivity contribution in [1.82, 2.24) is 0 Å². The number of ether oxygens (including phenoxy) is 1. The van der Waals surface area contributed by atoms with Crippen molar-refractivity contribution in [3.05, 3.63) is 70.8 Å². The second-order valence-electron chi connectivity index (χ2n) is 8.52. The molecule has 158 valence electrons. The molecule has 5 nitrogen and oxygen atoms in total. The standard InChI is InChI=1S/C28H18N2O3/c1-15(2)14-33-28(32)23-10-9-22-19-6-3-16(11-29)24-18(13-31)5-8-20(26(19)24)21-7-4-17(12-30)25(23)27(21)22/h3-10,13,15H,14H2,1-2H3. The van der Waals surface area contributed by atoms with Crippen LogP contribution in [0.2, 0.25) is 0 Å². The molecule has 0 N–H and O–H groups in total. The van der Waals surface area contributed by atoms with Gasteiger partial charge in [-0.05, 0) is 56.4 Å². The van der Waals surface area contributed by atoms with Gasteiger partial charge in [0.2, 0.25) is 0 Å². The summed E-state index contributed by atoms with van der Waals surface area (Å²) in [6.07, 6.45) is 0.765. The van der Waals surface area contributed by atoms with Gasteiger partial charge in [-0.1, -0.05) is 44.2 Å². The Labute approximate surface area is 189 Å². The van der Waals surface area contributed by atoms with Gasteiger partial charge in [-0.2, -0.15) is 10.5 Å². The third-order valence-corrected chi connectivity index (χ3v) is 6.07. The number of aldehydes is 1. The van der Waals surface area contributed by atoms with Gasteiger partial charge in [0.15, 0.2) is 6.29 Å². The number of hydrogen-bond acceptors (Lipinski definition) is 5. The third kappa shape index (κ3) is 2.91. The van der Waals surface area contributed by atoms with Crippen LogP contribution in [0.4, 0.5) is 0 Å². The molecule has 5 rings (SSSR count). The van der Waals surface area contributed by atoms with E-state index in [1.54, 1.807) is 24.3 Å². The molecule has 0 bridgehead atoms. The Kier molecular flexibility index (Phi) is 4.69. The summed E-state index contributed by atoms with van der Waals surface area (Å²) in [7, 11) is 0. The van der Waals surface area contributed by atoms with Crippen LogP contribution in [0.1, 0.15) is 45.7 Å². The quantitative estimate of drug-likeness (QED) is 0.149. The van der Waals surface area contributed by atoms with Crippen molar-refractivity contribution in [3.63, 3.8) is 0 Å². The molecule has 33 heavy (non-hydrogen) atoms. The fourth-order valence-electron chi connectivity index (χ4n) is 4.69. The first kappa shape index (κ1) is 20.4. The Morgan fingerprint density at radius 1 is 0.818 bits per heavy atom. The van der Waals surface area contributed by atoms with Crippen molar-refractivity contribution in [2.45, 2.75) is 13.8 Å². The molecule has 0 atom stereocenters. The van der Waals surface area contributed by atoms with E-state index < -0.39 is 5.97 Å². The average Bonchev–Trinajstić information content (AvgIpc) is 2.84. The molecule has 0 spiro atoms. The molecule has 5 heteroatoms. The van der Waals surface area contributed by atoms with Crippen molar-refractivity contribution >= 4 is 55.3 Å². The number of esters is 1. The van der Waals surface area contributed by atoms with Crippen LogP contribution in [0.15, 0.2) is 48.5 Å². The summed E-state index contributed by atoms with van der Waals surface area (Å²) in [6.45, 7) is 4.22. The summed E-state index contributed by atoms with van der Waals surface area (Å²) in [6, 6.07) is 18.7. The second kappa shape index (κ2) is 7.58. The van der Waals surface area contributed by atoms with E-state index in [4.69, 9.17) is 4.74 Å². The van der Waals surface area contributed by atoms with Crippen molar-refractivity contribution in [2.24, 2.45) is 5.92 Å². The zero-order chi connectivity index (χ0) is 23.3. The lowest BCUT2D eigenvalue weighted by atomic mass is 9.85. The molecule has 0 radical (unpaired) electrons. The van der Waals surface area contributed by atoms with Crippen LogP contribution in [-0.2, 0) is 4.74 Å². The Bertz CT molecular complexity index is 1680. The maximum absolute atomic E-state index is 13.0. The van der Waals surface area contributed by atoms with Crippen LogP contribution >= 0.6 is 0 Å². The van der Waals surface area contributed by atoms with Crippen molar-refractivity contribution in [1.29, 1.82) is 10.5 Å². The third-order valence-electron chi connectivity index (χ3n) is 6.07. The van der Waals surface area contributed by atoms with Gasteiger partial charge < -0.3 is 4.74 Å².